The van der Waals surface area contributed by atoms with Gasteiger partial charge in [-0.15, -0.1) is 0 Å². The molecule has 0 saturated heterocycles. The van der Waals surface area contributed by atoms with Crippen LogP contribution in [0.2, 0.25) is 5.02 Å². The van der Waals surface area contributed by atoms with E-state index < -0.39 is 0 Å². The van der Waals surface area contributed by atoms with E-state index in [1.807, 2.05) is 0 Å². The lowest BCUT2D eigenvalue weighted by Gasteiger charge is -2.02. The fourth-order valence-electron chi connectivity index (χ4n) is 0.850. The van der Waals surface area contributed by atoms with Crippen molar-refractivity contribution in [3.63, 3.8) is 0 Å². The molecule has 0 spiro atoms. The van der Waals surface area contributed by atoms with Gasteiger partial charge in [-0.1, -0.05) is 17.7 Å². The highest BCUT2D eigenvalue weighted by molar-refractivity contribution is 7.80. The molecule has 0 bridgehead atoms. The fourth-order valence-corrected chi connectivity index (χ4v) is 1.16. The molecule has 1 aromatic carbocycles. The van der Waals surface area contributed by atoms with Crippen LogP contribution in [0.15, 0.2) is 18.2 Å². The van der Waals surface area contributed by atoms with E-state index in [2.05, 4.69) is 17.9 Å². The van der Waals surface area contributed by atoms with Gasteiger partial charge in [0.2, 0.25) is 0 Å². The lowest BCUT2D eigenvalue weighted by molar-refractivity contribution is 0.626. The van der Waals surface area contributed by atoms with E-state index in [9.17, 15) is 4.39 Å². The molecule has 1 nitrogen and oxygen atoms in total. The van der Waals surface area contributed by atoms with Crippen molar-refractivity contribution >= 4 is 24.2 Å². The SMILES string of the molecule is Fc1ccc(CNCS)cc1Cl. The topological polar surface area (TPSA) is 12.0 Å². The van der Waals surface area contributed by atoms with Crippen molar-refractivity contribution in [2.75, 3.05) is 5.88 Å². The first kappa shape index (κ1) is 9.84. The molecular weight excluding hydrogens is 197 g/mol. The Morgan fingerprint density at radius 2 is 2.25 bits per heavy atom. The van der Waals surface area contributed by atoms with Crippen LogP contribution >= 0.6 is 24.2 Å². The summed E-state index contributed by atoms with van der Waals surface area (Å²) < 4.78 is 12.7. The van der Waals surface area contributed by atoms with E-state index in [4.69, 9.17) is 11.6 Å². The number of halogens is 2. The molecule has 66 valence electrons. The highest BCUT2D eigenvalue weighted by Crippen LogP contribution is 2.15. The Labute approximate surface area is 81.3 Å². The first-order valence-corrected chi connectivity index (χ1v) is 4.50. The van der Waals surface area contributed by atoms with Crippen LogP contribution in [0.25, 0.3) is 0 Å². The van der Waals surface area contributed by atoms with Crippen molar-refractivity contribution in [3.05, 3.63) is 34.6 Å². The van der Waals surface area contributed by atoms with Crippen molar-refractivity contribution in [1.29, 1.82) is 0 Å². The van der Waals surface area contributed by atoms with E-state index in [1.54, 1.807) is 12.1 Å². The largest absolute Gasteiger partial charge is 0.304 e. The van der Waals surface area contributed by atoms with Gasteiger partial charge in [0.05, 0.1) is 5.02 Å². The van der Waals surface area contributed by atoms with Gasteiger partial charge in [0.15, 0.2) is 0 Å². The minimum atomic E-state index is -0.383. The van der Waals surface area contributed by atoms with Crippen LogP contribution in [0.5, 0.6) is 0 Å². The molecule has 0 saturated carbocycles. The van der Waals surface area contributed by atoms with Crippen LogP contribution in [-0.4, -0.2) is 5.88 Å². The average molecular weight is 206 g/mol. The molecule has 0 heterocycles. The minimum Gasteiger partial charge on any atom is -0.304 e. The molecule has 1 aromatic rings. The van der Waals surface area contributed by atoms with Gasteiger partial charge in [0.25, 0.3) is 0 Å². The van der Waals surface area contributed by atoms with Crippen molar-refractivity contribution in [2.24, 2.45) is 0 Å². The number of benzene rings is 1. The Morgan fingerprint density at radius 1 is 1.50 bits per heavy atom. The molecule has 1 N–H and O–H groups in total. The standard InChI is InChI=1S/C8H9ClFNS/c9-7-3-6(4-11-5-12)1-2-8(7)10/h1-3,11-12H,4-5H2. The van der Waals surface area contributed by atoms with E-state index >= 15 is 0 Å². The summed E-state index contributed by atoms with van der Waals surface area (Å²) in [6, 6.07) is 4.66. The van der Waals surface area contributed by atoms with Gasteiger partial charge >= 0.3 is 0 Å². The second kappa shape index (κ2) is 4.70. The number of thiol groups is 1. The molecule has 0 radical (unpaired) electrons. The highest BCUT2D eigenvalue weighted by atomic mass is 35.5. The predicted molar refractivity (Wildman–Crippen MR) is 52.1 cm³/mol. The van der Waals surface area contributed by atoms with Gasteiger partial charge in [0.1, 0.15) is 5.82 Å². The lowest BCUT2D eigenvalue weighted by Crippen LogP contribution is -2.10. The summed E-state index contributed by atoms with van der Waals surface area (Å²) in [7, 11) is 0. The zero-order chi connectivity index (χ0) is 8.97. The highest BCUT2D eigenvalue weighted by Gasteiger charge is 1.99. The van der Waals surface area contributed by atoms with Gasteiger partial charge in [0, 0.05) is 12.4 Å². The average Bonchev–Trinajstić information content (AvgIpc) is 2.07. The first-order valence-electron chi connectivity index (χ1n) is 3.49. The summed E-state index contributed by atoms with van der Waals surface area (Å²) in [5, 5.41) is 3.15. The summed E-state index contributed by atoms with van der Waals surface area (Å²) in [6.07, 6.45) is 0. The predicted octanol–water partition coefficient (Wildman–Crippen LogP) is 2.46. The van der Waals surface area contributed by atoms with Gasteiger partial charge < -0.3 is 5.32 Å². The van der Waals surface area contributed by atoms with Crippen LogP contribution in [0.4, 0.5) is 4.39 Å². The second-order valence-electron chi connectivity index (χ2n) is 2.33. The monoisotopic (exact) mass is 205 g/mol. The van der Waals surface area contributed by atoms with Crippen molar-refractivity contribution in [2.45, 2.75) is 6.54 Å². The van der Waals surface area contributed by atoms with Crippen molar-refractivity contribution in [3.8, 4) is 0 Å². The van der Waals surface area contributed by atoms with Gasteiger partial charge in [-0.2, -0.15) is 12.6 Å². The third-order valence-corrected chi connectivity index (χ3v) is 1.94. The quantitative estimate of drug-likeness (QED) is 0.571. The Morgan fingerprint density at radius 3 is 2.83 bits per heavy atom. The maximum absolute atomic E-state index is 12.7. The van der Waals surface area contributed by atoms with Crippen LogP contribution in [0, 0.1) is 5.82 Å². The Balaban J connectivity index is 2.69. The number of hydrogen-bond acceptors (Lipinski definition) is 2. The van der Waals surface area contributed by atoms with E-state index in [0.717, 1.165) is 5.56 Å². The Hall–Kier alpha value is -0.250. The molecule has 0 aliphatic heterocycles. The third-order valence-electron chi connectivity index (χ3n) is 1.42. The van der Waals surface area contributed by atoms with Gasteiger partial charge in [-0.25, -0.2) is 4.39 Å². The molecule has 0 unspecified atom stereocenters. The number of nitrogens with one attached hydrogen (secondary N) is 1. The molecule has 0 fully saturated rings. The van der Waals surface area contributed by atoms with Gasteiger partial charge in [-0.3, -0.25) is 0 Å². The van der Waals surface area contributed by atoms with Crippen molar-refractivity contribution in [1.82, 2.24) is 5.32 Å². The van der Waals surface area contributed by atoms with Crippen LogP contribution in [-0.2, 0) is 6.54 Å². The fraction of sp³-hybridized carbons (Fsp3) is 0.250. The maximum Gasteiger partial charge on any atom is 0.141 e. The van der Waals surface area contributed by atoms with Crippen LogP contribution < -0.4 is 5.32 Å². The van der Waals surface area contributed by atoms with Crippen LogP contribution in [0.1, 0.15) is 5.56 Å². The molecular formula is C8H9ClFNS. The zero-order valence-corrected chi connectivity index (χ0v) is 8.00. The first-order chi connectivity index (χ1) is 5.74. The zero-order valence-electron chi connectivity index (χ0n) is 6.35. The third kappa shape index (κ3) is 2.66. The van der Waals surface area contributed by atoms with E-state index in [1.165, 1.54) is 6.07 Å². The summed E-state index contributed by atoms with van der Waals surface area (Å²) in [5.74, 6) is 0.209. The molecule has 0 atom stereocenters. The maximum atomic E-state index is 12.7. The molecule has 0 aromatic heterocycles. The molecule has 1 rings (SSSR count). The summed E-state index contributed by atoms with van der Waals surface area (Å²) >= 11 is 9.55. The van der Waals surface area contributed by atoms with E-state index in [0.29, 0.717) is 12.4 Å². The van der Waals surface area contributed by atoms with Gasteiger partial charge in [-0.05, 0) is 17.7 Å². The number of rotatable bonds is 3. The molecule has 0 aliphatic rings. The van der Waals surface area contributed by atoms with Crippen LogP contribution in [0.3, 0.4) is 0 Å². The normalized spacial score (nSPS) is 10.2. The second-order valence-corrected chi connectivity index (χ2v) is 3.06. The van der Waals surface area contributed by atoms with Crippen molar-refractivity contribution < 1.29 is 4.39 Å². The smallest absolute Gasteiger partial charge is 0.141 e. The molecule has 0 amide bonds. The summed E-state index contributed by atoms with van der Waals surface area (Å²) in [5.41, 5.74) is 0.954. The number of hydrogen-bond donors (Lipinski definition) is 2. The summed E-state index contributed by atoms with van der Waals surface area (Å²) in [6.45, 7) is 0.656. The molecule has 0 aliphatic carbocycles. The van der Waals surface area contributed by atoms with E-state index in [-0.39, 0.29) is 10.8 Å². The Bertz CT molecular complexity index is 267. The minimum absolute atomic E-state index is 0.161. The summed E-state index contributed by atoms with van der Waals surface area (Å²) in [4.78, 5) is 0. The molecule has 4 heteroatoms. The lowest BCUT2D eigenvalue weighted by atomic mass is 10.2. The molecule has 12 heavy (non-hydrogen) atoms. The Kier molecular flexibility index (Phi) is 3.85.